The lowest BCUT2D eigenvalue weighted by Crippen LogP contribution is -2.27. The van der Waals surface area contributed by atoms with Gasteiger partial charge in [0.2, 0.25) is 5.91 Å². The van der Waals surface area contributed by atoms with Gasteiger partial charge in [-0.15, -0.1) is 11.5 Å². The third kappa shape index (κ3) is 5.80. The Morgan fingerprint density at radius 3 is 2.63 bits per heavy atom. The fourth-order valence-corrected chi connectivity index (χ4v) is 5.59. The SMILES string of the molecule is C#Cc1ccc2c(c1)NC(=O)[C@H](C)CCC[C@H](n1cnc(-c3cc(Cl)ccc3-n3cc(Cl)nn3)cc1=O)c1cc-2ccn1. The molecule has 1 N–H and O–H groups in total. The fourth-order valence-electron chi connectivity index (χ4n) is 5.29. The molecule has 2 atom stereocenters. The van der Waals surface area contributed by atoms with Crippen molar-refractivity contribution in [1.29, 1.82) is 0 Å². The smallest absolute Gasteiger partial charge is 0.254 e. The molecule has 0 spiro atoms. The van der Waals surface area contributed by atoms with Crippen LogP contribution in [0.25, 0.3) is 28.1 Å². The second-order valence-electron chi connectivity index (χ2n) is 10.4. The minimum absolute atomic E-state index is 0.0870. The number of carbonyl (C=O) groups is 1. The van der Waals surface area contributed by atoms with Gasteiger partial charge >= 0.3 is 0 Å². The highest BCUT2D eigenvalue weighted by atomic mass is 35.5. The summed E-state index contributed by atoms with van der Waals surface area (Å²) in [6.07, 6.45) is 12.3. The van der Waals surface area contributed by atoms with E-state index in [2.05, 4.69) is 31.5 Å². The third-order valence-corrected chi connectivity index (χ3v) is 7.97. The largest absolute Gasteiger partial charge is 0.325 e. The molecule has 214 valence electrons. The van der Waals surface area contributed by atoms with Crippen molar-refractivity contribution in [2.75, 3.05) is 5.32 Å². The predicted molar refractivity (Wildman–Crippen MR) is 166 cm³/mol. The lowest BCUT2D eigenvalue weighted by Gasteiger charge is -2.23. The molecule has 9 nitrogen and oxygen atoms in total. The molecule has 1 amide bonds. The van der Waals surface area contributed by atoms with E-state index in [0.717, 1.165) is 11.1 Å². The van der Waals surface area contributed by atoms with Crippen LogP contribution in [0.3, 0.4) is 0 Å². The third-order valence-electron chi connectivity index (χ3n) is 7.56. The van der Waals surface area contributed by atoms with Crippen molar-refractivity contribution in [3.05, 3.63) is 105 Å². The summed E-state index contributed by atoms with van der Waals surface area (Å²) in [6, 6.07) is 15.6. The number of nitrogens with one attached hydrogen (secondary N) is 1. The van der Waals surface area contributed by atoms with Gasteiger partial charge in [-0.2, -0.15) is 0 Å². The van der Waals surface area contributed by atoms with Gasteiger partial charge in [0, 0.05) is 45.6 Å². The van der Waals surface area contributed by atoms with Crippen LogP contribution in [0.2, 0.25) is 10.2 Å². The van der Waals surface area contributed by atoms with Gasteiger partial charge in [0.05, 0.1) is 35.6 Å². The van der Waals surface area contributed by atoms with Crippen molar-refractivity contribution < 1.29 is 4.79 Å². The van der Waals surface area contributed by atoms with Crippen LogP contribution in [0, 0.1) is 18.3 Å². The Bertz CT molecular complexity index is 1960. The van der Waals surface area contributed by atoms with E-state index in [4.69, 9.17) is 29.6 Å². The summed E-state index contributed by atoms with van der Waals surface area (Å²) in [5.41, 5.74) is 5.04. The van der Waals surface area contributed by atoms with Gasteiger partial charge in [0.1, 0.15) is 0 Å². The number of rotatable bonds is 3. The van der Waals surface area contributed by atoms with E-state index < -0.39 is 6.04 Å². The topological polar surface area (TPSA) is 108 Å². The molecule has 0 saturated carbocycles. The van der Waals surface area contributed by atoms with Crippen LogP contribution >= 0.6 is 23.2 Å². The number of aromatic nitrogens is 6. The van der Waals surface area contributed by atoms with E-state index in [1.807, 2.05) is 31.2 Å². The second kappa shape index (κ2) is 11.8. The molecular formula is C32H25Cl2N7O2. The van der Waals surface area contributed by atoms with E-state index in [1.54, 1.807) is 41.2 Å². The molecule has 2 aromatic carbocycles. The molecule has 0 saturated heterocycles. The normalized spacial score (nSPS) is 16.7. The van der Waals surface area contributed by atoms with Gasteiger partial charge < -0.3 is 5.32 Å². The maximum absolute atomic E-state index is 13.7. The average molecular weight is 611 g/mol. The summed E-state index contributed by atoms with van der Waals surface area (Å²) in [6.45, 7) is 1.89. The maximum atomic E-state index is 13.7. The predicted octanol–water partition coefficient (Wildman–Crippen LogP) is 6.19. The van der Waals surface area contributed by atoms with Crippen LogP contribution in [-0.2, 0) is 4.79 Å². The molecular weight excluding hydrogens is 585 g/mol. The van der Waals surface area contributed by atoms with Crippen LogP contribution in [0.1, 0.15) is 43.5 Å². The number of fused-ring (bicyclic) bond motifs is 4. The number of amides is 1. The molecule has 0 fully saturated rings. The fraction of sp³-hybridized carbons (Fsp3) is 0.188. The van der Waals surface area contributed by atoms with Crippen LogP contribution in [0.15, 0.2) is 78.1 Å². The molecule has 5 aromatic rings. The quantitative estimate of drug-likeness (QED) is 0.244. The number of hydrogen-bond acceptors (Lipinski definition) is 6. The van der Waals surface area contributed by atoms with Gasteiger partial charge in [-0.3, -0.25) is 19.1 Å². The minimum atomic E-state index is -0.412. The zero-order valence-corrected chi connectivity index (χ0v) is 24.5. The van der Waals surface area contributed by atoms with Crippen molar-refractivity contribution in [3.8, 4) is 40.4 Å². The first-order valence-electron chi connectivity index (χ1n) is 13.6. The van der Waals surface area contributed by atoms with Crippen molar-refractivity contribution in [3.63, 3.8) is 0 Å². The molecule has 0 unspecified atom stereocenters. The highest BCUT2D eigenvalue weighted by molar-refractivity contribution is 6.31. The Labute approximate surface area is 257 Å². The first kappa shape index (κ1) is 28.3. The Morgan fingerprint density at radius 2 is 1.86 bits per heavy atom. The summed E-state index contributed by atoms with van der Waals surface area (Å²) in [5.74, 6) is 2.30. The number of pyridine rings is 1. The molecule has 0 radical (unpaired) electrons. The average Bonchev–Trinajstić information content (AvgIpc) is 3.44. The first-order chi connectivity index (χ1) is 20.8. The monoisotopic (exact) mass is 609 g/mol. The van der Waals surface area contributed by atoms with Crippen molar-refractivity contribution in [2.45, 2.75) is 32.2 Å². The second-order valence-corrected chi connectivity index (χ2v) is 11.2. The lowest BCUT2D eigenvalue weighted by atomic mass is 9.95. The molecule has 6 rings (SSSR count). The summed E-state index contributed by atoms with van der Waals surface area (Å²) in [7, 11) is 0. The first-order valence-corrected chi connectivity index (χ1v) is 14.4. The van der Waals surface area contributed by atoms with Crippen molar-refractivity contribution >= 4 is 34.8 Å². The van der Waals surface area contributed by atoms with Crippen LogP contribution in [0.4, 0.5) is 5.69 Å². The zero-order chi connectivity index (χ0) is 30.1. The van der Waals surface area contributed by atoms with Gasteiger partial charge in [-0.1, -0.05) is 53.7 Å². The summed E-state index contributed by atoms with van der Waals surface area (Å²) >= 11 is 12.3. The number of nitrogens with zero attached hydrogens (tertiary/aromatic N) is 6. The Hall–Kier alpha value is -4.78. The summed E-state index contributed by atoms with van der Waals surface area (Å²) in [4.78, 5) is 36.2. The summed E-state index contributed by atoms with van der Waals surface area (Å²) < 4.78 is 3.09. The molecule has 43 heavy (non-hydrogen) atoms. The molecule has 2 bridgehead atoms. The number of carbonyl (C=O) groups excluding carboxylic acids is 1. The van der Waals surface area contributed by atoms with Crippen LogP contribution in [-0.4, -0.2) is 35.4 Å². The van der Waals surface area contributed by atoms with Crippen LogP contribution in [0.5, 0.6) is 0 Å². The lowest BCUT2D eigenvalue weighted by molar-refractivity contribution is -0.119. The minimum Gasteiger partial charge on any atom is -0.325 e. The highest BCUT2D eigenvalue weighted by Crippen LogP contribution is 2.34. The van der Waals surface area contributed by atoms with Gasteiger partial charge in [0.25, 0.3) is 5.56 Å². The molecule has 0 aliphatic carbocycles. The maximum Gasteiger partial charge on any atom is 0.254 e. The van der Waals surface area contributed by atoms with E-state index in [-0.39, 0.29) is 22.5 Å². The summed E-state index contributed by atoms with van der Waals surface area (Å²) in [5, 5.41) is 11.7. The zero-order valence-electron chi connectivity index (χ0n) is 23.0. The van der Waals surface area contributed by atoms with Crippen molar-refractivity contribution in [2.24, 2.45) is 5.92 Å². The standard InChI is InChI=1S/C32H25Cl2N7O2/c1-3-20-7-9-23-21-11-12-35-27(14-21)29(6-4-5-19(2)32(43)37-26(23)13-20)40-18-36-25(16-31(40)42)24-15-22(33)8-10-28(24)41-17-30(34)38-39-41/h1,7-19,29H,4-6H2,2H3,(H,37,43)/t19-,29+/m1/s1. The van der Waals surface area contributed by atoms with Gasteiger partial charge in [-0.05, 0) is 60.9 Å². The Kier molecular flexibility index (Phi) is 7.80. The Morgan fingerprint density at radius 1 is 1.00 bits per heavy atom. The van der Waals surface area contributed by atoms with E-state index >= 15 is 0 Å². The number of halogens is 2. The van der Waals surface area contributed by atoms with Crippen molar-refractivity contribution in [1.82, 2.24) is 29.5 Å². The van der Waals surface area contributed by atoms with E-state index in [9.17, 15) is 9.59 Å². The number of anilines is 1. The molecule has 1 aliphatic rings. The van der Waals surface area contributed by atoms with Crippen LogP contribution < -0.4 is 10.9 Å². The molecule has 11 heteroatoms. The van der Waals surface area contributed by atoms with Gasteiger partial charge in [0.15, 0.2) is 5.15 Å². The highest BCUT2D eigenvalue weighted by Gasteiger charge is 2.23. The number of terminal acetylenes is 1. The number of hydrogen-bond donors (Lipinski definition) is 1. The number of benzene rings is 2. The van der Waals surface area contributed by atoms with E-state index in [1.165, 1.54) is 17.1 Å². The van der Waals surface area contributed by atoms with E-state index in [0.29, 0.717) is 58.2 Å². The van der Waals surface area contributed by atoms with Gasteiger partial charge in [-0.25, -0.2) is 9.67 Å². The molecule has 3 aromatic heterocycles. The Balaban J connectivity index is 1.44. The molecule has 1 aliphatic heterocycles. The molecule has 4 heterocycles.